The Balaban J connectivity index is 2.18. The Bertz CT molecular complexity index is 449. The maximum atomic E-state index is 12.1. The van der Waals surface area contributed by atoms with Crippen molar-refractivity contribution in [1.29, 1.82) is 0 Å². The van der Waals surface area contributed by atoms with Gasteiger partial charge in [0.25, 0.3) is 0 Å². The molecular formula is C14H17BrO4. The van der Waals surface area contributed by atoms with Crippen LogP contribution in [0.15, 0.2) is 28.7 Å². The van der Waals surface area contributed by atoms with Crippen LogP contribution in [0, 0.1) is 0 Å². The van der Waals surface area contributed by atoms with Gasteiger partial charge in [0.05, 0.1) is 6.61 Å². The molecule has 0 N–H and O–H groups in total. The number of halogens is 1. The third kappa shape index (κ3) is 3.55. The molecular weight excluding hydrogens is 312 g/mol. The Labute approximate surface area is 121 Å². The first-order valence-corrected chi connectivity index (χ1v) is 7.15. The number of carbonyl (C=O) groups excluding carboxylic acids is 1. The Morgan fingerprint density at radius 2 is 2.21 bits per heavy atom. The van der Waals surface area contributed by atoms with Gasteiger partial charge in [-0.25, -0.2) is 0 Å². The molecule has 0 saturated carbocycles. The summed E-state index contributed by atoms with van der Waals surface area (Å²) in [6.07, 6.45) is -0.563. The van der Waals surface area contributed by atoms with E-state index in [2.05, 4.69) is 15.9 Å². The normalized spacial score (nSPS) is 22.9. The van der Waals surface area contributed by atoms with E-state index in [0.29, 0.717) is 13.2 Å². The zero-order chi connectivity index (χ0) is 13.8. The summed E-state index contributed by atoms with van der Waals surface area (Å²) in [6.45, 7) is 4.62. The van der Waals surface area contributed by atoms with E-state index in [0.717, 1.165) is 10.0 Å². The molecule has 1 aromatic carbocycles. The van der Waals surface area contributed by atoms with Gasteiger partial charge < -0.3 is 14.2 Å². The van der Waals surface area contributed by atoms with Crippen LogP contribution in [0.3, 0.4) is 0 Å². The molecule has 3 atom stereocenters. The number of ether oxygens (including phenoxy) is 3. The zero-order valence-electron chi connectivity index (χ0n) is 11.0. The molecule has 1 heterocycles. The monoisotopic (exact) mass is 328 g/mol. The van der Waals surface area contributed by atoms with E-state index >= 15 is 0 Å². The van der Waals surface area contributed by atoms with Crippen molar-refractivity contribution in [1.82, 2.24) is 0 Å². The lowest BCUT2D eigenvalue weighted by molar-refractivity contribution is -0.145. The fraction of sp³-hybridized carbons (Fsp3) is 0.500. The second kappa shape index (κ2) is 6.50. The van der Waals surface area contributed by atoms with Crippen LogP contribution in [0.4, 0.5) is 0 Å². The predicted octanol–water partition coefficient (Wildman–Crippen LogP) is 2.86. The molecule has 5 heteroatoms. The van der Waals surface area contributed by atoms with Crippen molar-refractivity contribution < 1.29 is 19.0 Å². The van der Waals surface area contributed by atoms with E-state index in [1.807, 2.05) is 31.2 Å². The molecule has 0 aliphatic carbocycles. The SMILES string of the molecule is CCOC(=O)C(c1cccc(Br)c1)C1OC1OCC. The van der Waals surface area contributed by atoms with Gasteiger partial charge in [-0.15, -0.1) is 0 Å². The van der Waals surface area contributed by atoms with Gasteiger partial charge in [-0.3, -0.25) is 4.79 Å². The average molecular weight is 329 g/mol. The second-order valence-corrected chi connectivity index (χ2v) is 5.12. The maximum absolute atomic E-state index is 12.1. The second-order valence-electron chi connectivity index (χ2n) is 4.21. The quantitative estimate of drug-likeness (QED) is 0.595. The highest BCUT2D eigenvalue weighted by Gasteiger charge is 2.50. The van der Waals surface area contributed by atoms with Crippen LogP contribution in [0.5, 0.6) is 0 Å². The molecule has 0 bridgehead atoms. The van der Waals surface area contributed by atoms with E-state index in [-0.39, 0.29) is 18.4 Å². The van der Waals surface area contributed by atoms with Crippen LogP contribution >= 0.6 is 15.9 Å². The van der Waals surface area contributed by atoms with Crippen LogP contribution < -0.4 is 0 Å². The number of hydrogen-bond acceptors (Lipinski definition) is 4. The van der Waals surface area contributed by atoms with Gasteiger partial charge in [-0.1, -0.05) is 28.1 Å². The minimum atomic E-state index is -0.436. The Kier molecular flexibility index (Phi) is 4.96. The van der Waals surface area contributed by atoms with Gasteiger partial charge in [0.1, 0.15) is 12.0 Å². The molecule has 4 nitrogen and oxygen atoms in total. The highest BCUT2D eigenvalue weighted by Crippen LogP contribution is 2.38. The highest BCUT2D eigenvalue weighted by molar-refractivity contribution is 9.10. The lowest BCUT2D eigenvalue weighted by Crippen LogP contribution is -2.23. The summed E-state index contributed by atoms with van der Waals surface area (Å²) >= 11 is 3.41. The first-order valence-electron chi connectivity index (χ1n) is 6.36. The van der Waals surface area contributed by atoms with Gasteiger partial charge >= 0.3 is 5.97 Å². The summed E-state index contributed by atoms with van der Waals surface area (Å²) < 4.78 is 16.9. The van der Waals surface area contributed by atoms with Crippen molar-refractivity contribution >= 4 is 21.9 Å². The van der Waals surface area contributed by atoms with Gasteiger partial charge in [0, 0.05) is 11.1 Å². The molecule has 0 spiro atoms. The van der Waals surface area contributed by atoms with Gasteiger partial charge in [0.15, 0.2) is 6.29 Å². The summed E-state index contributed by atoms with van der Waals surface area (Å²) in [7, 11) is 0. The molecule has 2 rings (SSSR count). The van der Waals surface area contributed by atoms with Gasteiger partial charge in [0.2, 0.25) is 0 Å². The van der Waals surface area contributed by atoms with E-state index in [9.17, 15) is 4.79 Å². The van der Waals surface area contributed by atoms with E-state index in [4.69, 9.17) is 14.2 Å². The minimum Gasteiger partial charge on any atom is -0.465 e. The Morgan fingerprint density at radius 3 is 2.84 bits per heavy atom. The zero-order valence-corrected chi connectivity index (χ0v) is 12.6. The molecule has 1 saturated heterocycles. The number of carbonyl (C=O) groups is 1. The first-order chi connectivity index (χ1) is 9.17. The third-order valence-electron chi connectivity index (χ3n) is 2.89. The molecule has 0 aromatic heterocycles. The van der Waals surface area contributed by atoms with Crippen LogP contribution in [-0.4, -0.2) is 31.6 Å². The molecule has 19 heavy (non-hydrogen) atoms. The molecule has 1 fully saturated rings. The highest BCUT2D eigenvalue weighted by atomic mass is 79.9. The molecule has 0 amide bonds. The maximum Gasteiger partial charge on any atom is 0.316 e. The molecule has 1 aliphatic rings. The van der Waals surface area contributed by atoms with Crippen molar-refractivity contribution in [2.75, 3.05) is 13.2 Å². The van der Waals surface area contributed by atoms with E-state index < -0.39 is 5.92 Å². The summed E-state index contributed by atoms with van der Waals surface area (Å²) in [5.41, 5.74) is 0.875. The summed E-state index contributed by atoms with van der Waals surface area (Å²) in [5.74, 6) is -0.707. The summed E-state index contributed by atoms with van der Waals surface area (Å²) in [5, 5.41) is 0. The number of benzene rings is 1. The fourth-order valence-electron chi connectivity index (χ4n) is 2.04. The standard InChI is InChI=1S/C14H17BrO4/c1-3-17-13(16)11(12-14(19-12)18-4-2)9-6-5-7-10(15)8-9/h5-8,11-12,14H,3-4H2,1-2H3. The number of esters is 1. The van der Waals surface area contributed by atoms with Crippen LogP contribution in [0.2, 0.25) is 0 Å². The fourth-order valence-corrected chi connectivity index (χ4v) is 2.45. The topological polar surface area (TPSA) is 48.1 Å². The Morgan fingerprint density at radius 1 is 1.42 bits per heavy atom. The van der Waals surface area contributed by atoms with E-state index in [1.54, 1.807) is 6.92 Å². The number of hydrogen-bond donors (Lipinski definition) is 0. The minimum absolute atomic E-state index is 0.256. The van der Waals surface area contributed by atoms with Crippen molar-refractivity contribution in [2.24, 2.45) is 0 Å². The molecule has 104 valence electrons. The van der Waals surface area contributed by atoms with Crippen LogP contribution in [0.1, 0.15) is 25.3 Å². The molecule has 1 aliphatic heterocycles. The van der Waals surface area contributed by atoms with Crippen LogP contribution in [0.25, 0.3) is 0 Å². The third-order valence-corrected chi connectivity index (χ3v) is 3.38. The number of rotatable bonds is 6. The smallest absolute Gasteiger partial charge is 0.316 e. The largest absolute Gasteiger partial charge is 0.465 e. The molecule has 3 unspecified atom stereocenters. The summed E-state index contributed by atoms with van der Waals surface area (Å²) in [6, 6.07) is 7.62. The van der Waals surface area contributed by atoms with Crippen molar-refractivity contribution in [3.05, 3.63) is 34.3 Å². The lowest BCUT2D eigenvalue weighted by atomic mass is 9.96. The van der Waals surface area contributed by atoms with Crippen molar-refractivity contribution in [3.8, 4) is 0 Å². The van der Waals surface area contributed by atoms with E-state index in [1.165, 1.54) is 0 Å². The average Bonchev–Trinajstić information content (AvgIpc) is 3.09. The van der Waals surface area contributed by atoms with Gasteiger partial charge in [-0.2, -0.15) is 0 Å². The molecule has 0 radical (unpaired) electrons. The summed E-state index contributed by atoms with van der Waals surface area (Å²) in [4.78, 5) is 12.1. The van der Waals surface area contributed by atoms with Crippen molar-refractivity contribution in [2.45, 2.75) is 32.2 Å². The number of epoxide rings is 1. The van der Waals surface area contributed by atoms with Crippen LogP contribution in [-0.2, 0) is 19.0 Å². The Hall–Kier alpha value is -0.910. The first kappa shape index (κ1) is 14.5. The molecule has 1 aromatic rings. The lowest BCUT2D eigenvalue weighted by Gasteiger charge is -2.14. The van der Waals surface area contributed by atoms with Crippen molar-refractivity contribution in [3.63, 3.8) is 0 Å². The predicted molar refractivity (Wildman–Crippen MR) is 73.8 cm³/mol. The van der Waals surface area contributed by atoms with Gasteiger partial charge in [-0.05, 0) is 31.5 Å².